The monoisotopic (exact) mass is 464 g/mol. The van der Waals surface area contributed by atoms with Crippen molar-refractivity contribution >= 4 is 29.5 Å². The first-order valence-electron chi connectivity index (χ1n) is 8.95. The van der Waals surface area contributed by atoms with Gasteiger partial charge in [-0.2, -0.15) is 4.98 Å². The summed E-state index contributed by atoms with van der Waals surface area (Å²) in [5, 5.41) is 12.7. The summed E-state index contributed by atoms with van der Waals surface area (Å²) in [5.41, 5.74) is 0.277. The van der Waals surface area contributed by atoms with E-state index < -0.39 is 42.2 Å². The van der Waals surface area contributed by atoms with Gasteiger partial charge < -0.3 is 19.9 Å². The third kappa shape index (κ3) is 5.44. The molecule has 1 saturated heterocycles. The lowest BCUT2D eigenvalue weighted by Crippen LogP contribution is -2.41. The van der Waals surface area contributed by atoms with E-state index in [0.717, 1.165) is 17.0 Å². The maximum Gasteiger partial charge on any atom is 0.573 e. The zero-order chi connectivity index (χ0) is 22.9. The van der Waals surface area contributed by atoms with Crippen LogP contribution >= 0.6 is 11.6 Å². The van der Waals surface area contributed by atoms with Crippen LogP contribution in [0, 0.1) is 5.82 Å². The first-order chi connectivity index (χ1) is 14.4. The molecule has 1 amide bonds. The number of benzene rings is 1. The predicted octanol–water partition coefficient (Wildman–Crippen LogP) is 4.05. The number of carbonyl (C=O) groups is 1. The molecule has 2 heterocycles. The highest BCUT2D eigenvalue weighted by Gasteiger charge is 2.38. The summed E-state index contributed by atoms with van der Waals surface area (Å²) in [5.74, 6) is -2.12. The van der Waals surface area contributed by atoms with E-state index in [1.165, 1.54) is 19.1 Å². The van der Waals surface area contributed by atoms with Gasteiger partial charge in [-0.05, 0) is 31.5 Å². The Labute approximate surface area is 178 Å². The molecule has 1 unspecified atom stereocenters. The molecule has 0 saturated carbocycles. The normalized spacial score (nSPS) is 18.5. The second-order valence-electron chi connectivity index (χ2n) is 6.73. The molecule has 168 valence electrons. The molecule has 0 radical (unpaired) electrons. The van der Waals surface area contributed by atoms with Crippen LogP contribution in [-0.4, -0.2) is 46.3 Å². The molecule has 3 rings (SSSR count). The van der Waals surface area contributed by atoms with Crippen LogP contribution < -0.4 is 15.0 Å². The Morgan fingerprint density at radius 1 is 1.32 bits per heavy atom. The number of amides is 1. The largest absolute Gasteiger partial charge is 0.573 e. The molecular formula is C18H17ClF4N4O4. The van der Waals surface area contributed by atoms with Gasteiger partial charge in [-0.15, -0.1) is 13.2 Å². The quantitative estimate of drug-likeness (QED) is 0.492. The Morgan fingerprint density at radius 3 is 2.65 bits per heavy atom. The lowest BCUT2D eigenvalue weighted by atomic mass is 10.1. The maximum absolute atomic E-state index is 14.0. The van der Waals surface area contributed by atoms with Crippen LogP contribution in [0.1, 0.15) is 25.5 Å². The van der Waals surface area contributed by atoms with Crippen LogP contribution in [0.25, 0.3) is 0 Å². The van der Waals surface area contributed by atoms with Gasteiger partial charge in [0, 0.05) is 6.07 Å². The first kappa shape index (κ1) is 22.8. The van der Waals surface area contributed by atoms with E-state index in [1.807, 2.05) is 0 Å². The fourth-order valence-corrected chi connectivity index (χ4v) is 3.10. The standard InChI is InChI=1S/C18H17ClF4N4O4/c1-8(10-3-4-13(11(20)5-10)31-18(21,22)23)24-16-25-14(19)6-15(26-16)27-12(9(2)28)7-30-17(27)29/h3-6,8-9,12,28H,7H2,1-2H3,(H,24,25,26)/t8-,9+,12?/m0/s1. The highest BCUT2D eigenvalue weighted by Crippen LogP contribution is 2.30. The lowest BCUT2D eigenvalue weighted by Gasteiger charge is -2.23. The molecule has 0 spiro atoms. The van der Waals surface area contributed by atoms with E-state index in [-0.39, 0.29) is 29.1 Å². The van der Waals surface area contributed by atoms with Crippen molar-refractivity contribution in [3.05, 3.63) is 40.8 Å². The zero-order valence-corrected chi connectivity index (χ0v) is 16.9. The molecule has 0 aliphatic carbocycles. The Balaban J connectivity index is 1.81. The van der Waals surface area contributed by atoms with Gasteiger partial charge in [0.05, 0.1) is 12.1 Å². The van der Waals surface area contributed by atoms with Gasteiger partial charge in [0.1, 0.15) is 23.6 Å². The van der Waals surface area contributed by atoms with Gasteiger partial charge >= 0.3 is 12.5 Å². The number of cyclic esters (lactones) is 1. The molecule has 3 atom stereocenters. The smallest absolute Gasteiger partial charge is 0.447 e. The van der Waals surface area contributed by atoms with Crippen LogP contribution in [0.2, 0.25) is 5.15 Å². The molecule has 1 aliphatic heterocycles. The number of aromatic nitrogens is 2. The summed E-state index contributed by atoms with van der Waals surface area (Å²) in [4.78, 5) is 21.4. The van der Waals surface area contributed by atoms with Crippen LogP contribution in [0.5, 0.6) is 5.75 Å². The van der Waals surface area contributed by atoms with E-state index in [2.05, 4.69) is 20.0 Å². The molecule has 1 aromatic heterocycles. The molecule has 2 N–H and O–H groups in total. The fraction of sp³-hybridized carbons (Fsp3) is 0.389. The van der Waals surface area contributed by atoms with Gasteiger partial charge in [0.2, 0.25) is 5.95 Å². The maximum atomic E-state index is 14.0. The van der Waals surface area contributed by atoms with Crippen LogP contribution in [0.3, 0.4) is 0 Å². The molecule has 13 heteroatoms. The molecule has 1 aliphatic rings. The minimum Gasteiger partial charge on any atom is -0.447 e. The van der Waals surface area contributed by atoms with Crippen LogP contribution in [0.15, 0.2) is 24.3 Å². The zero-order valence-electron chi connectivity index (χ0n) is 16.2. The minimum absolute atomic E-state index is 0.0242. The first-order valence-corrected chi connectivity index (χ1v) is 9.33. The van der Waals surface area contributed by atoms with Gasteiger partial charge in [0.15, 0.2) is 11.6 Å². The van der Waals surface area contributed by atoms with E-state index >= 15 is 0 Å². The summed E-state index contributed by atoms with van der Waals surface area (Å²) >= 11 is 6.02. The van der Waals surface area contributed by atoms with E-state index in [0.29, 0.717) is 0 Å². The van der Waals surface area contributed by atoms with Crippen molar-refractivity contribution in [2.45, 2.75) is 38.4 Å². The third-order valence-electron chi connectivity index (χ3n) is 4.42. The van der Waals surface area contributed by atoms with Crippen molar-refractivity contribution in [1.82, 2.24) is 9.97 Å². The molecular weight excluding hydrogens is 448 g/mol. The molecule has 8 nitrogen and oxygen atoms in total. The number of halogens is 5. The summed E-state index contributed by atoms with van der Waals surface area (Å²) < 4.78 is 59.4. The molecule has 0 bridgehead atoms. The molecule has 31 heavy (non-hydrogen) atoms. The highest BCUT2D eigenvalue weighted by molar-refractivity contribution is 6.29. The number of aliphatic hydroxyl groups excluding tert-OH is 1. The van der Waals surface area contributed by atoms with Crippen molar-refractivity contribution in [2.24, 2.45) is 0 Å². The number of carbonyl (C=O) groups excluding carboxylic acids is 1. The van der Waals surface area contributed by atoms with E-state index in [1.54, 1.807) is 6.92 Å². The van der Waals surface area contributed by atoms with Gasteiger partial charge in [-0.1, -0.05) is 17.7 Å². The number of hydrogen-bond acceptors (Lipinski definition) is 7. The minimum atomic E-state index is -5.02. The average molecular weight is 465 g/mol. The lowest BCUT2D eigenvalue weighted by molar-refractivity contribution is -0.275. The van der Waals surface area contributed by atoms with Crippen molar-refractivity contribution in [1.29, 1.82) is 0 Å². The number of anilines is 2. The second kappa shape index (κ2) is 8.71. The number of nitrogens with one attached hydrogen (secondary N) is 1. The Hall–Kier alpha value is -2.86. The number of nitrogens with zero attached hydrogens (tertiary/aromatic N) is 3. The summed E-state index contributed by atoms with van der Waals surface area (Å²) in [7, 11) is 0. The van der Waals surface area contributed by atoms with Crippen LogP contribution in [0.4, 0.5) is 34.1 Å². The number of rotatable bonds is 6. The molecule has 1 aromatic carbocycles. The van der Waals surface area contributed by atoms with Crippen LogP contribution in [-0.2, 0) is 4.74 Å². The van der Waals surface area contributed by atoms with Gasteiger partial charge in [0.25, 0.3) is 0 Å². The number of alkyl halides is 3. The number of aliphatic hydroxyl groups is 1. The summed E-state index contributed by atoms with van der Waals surface area (Å²) in [6.07, 6.45) is -6.64. The fourth-order valence-electron chi connectivity index (χ4n) is 2.92. The molecule has 1 fully saturated rings. The average Bonchev–Trinajstić information content (AvgIpc) is 3.03. The Bertz CT molecular complexity index is 976. The molecule has 2 aromatic rings. The predicted molar refractivity (Wildman–Crippen MR) is 101 cm³/mol. The van der Waals surface area contributed by atoms with Crippen molar-refractivity contribution < 1.29 is 36.9 Å². The highest BCUT2D eigenvalue weighted by atomic mass is 35.5. The summed E-state index contributed by atoms with van der Waals surface area (Å²) in [6.45, 7) is 3.04. The third-order valence-corrected chi connectivity index (χ3v) is 4.61. The second-order valence-corrected chi connectivity index (χ2v) is 7.12. The van der Waals surface area contributed by atoms with Crippen molar-refractivity contribution in [2.75, 3.05) is 16.8 Å². The SMILES string of the molecule is C[C@H](Nc1nc(Cl)cc(N2C(=O)OCC2[C@@H](C)O)n1)c1ccc(OC(F)(F)F)c(F)c1. The van der Waals surface area contributed by atoms with E-state index in [4.69, 9.17) is 16.3 Å². The van der Waals surface area contributed by atoms with Gasteiger partial charge in [-0.3, -0.25) is 4.90 Å². The number of hydrogen-bond donors (Lipinski definition) is 2. The van der Waals surface area contributed by atoms with E-state index in [9.17, 15) is 27.5 Å². The van der Waals surface area contributed by atoms with Crippen molar-refractivity contribution in [3.8, 4) is 5.75 Å². The van der Waals surface area contributed by atoms with Gasteiger partial charge in [-0.25, -0.2) is 14.2 Å². The summed E-state index contributed by atoms with van der Waals surface area (Å²) in [6, 6.07) is 2.95. The Morgan fingerprint density at radius 2 is 2.03 bits per heavy atom. The van der Waals surface area contributed by atoms with Crippen molar-refractivity contribution in [3.63, 3.8) is 0 Å². The number of ether oxygens (including phenoxy) is 2. The topological polar surface area (TPSA) is 96.8 Å². The Kier molecular flexibility index (Phi) is 6.41.